The standard InChI is InChI=1S/C28H27NO5/c30-25(27-29-24-19-22(28(31)32)13-17-26(24)34-27)16-12-21-10-14-23(15-11-21)33-18-6-2-5-9-20-7-3-1-4-8-20/h1,3-4,7-8,10-11,13-15,17,19H,2,5-6,9,12,16,18H2,(H,31,32). The first-order valence-corrected chi connectivity index (χ1v) is 11.5. The van der Waals surface area contributed by atoms with E-state index >= 15 is 0 Å². The minimum absolute atomic E-state index is 0.00440. The number of ether oxygens (including phenoxy) is 1. The van der Waals surface area contributed by atoms with Crippen molar-refractivity contribution >= 4 is 22.9 Å². The molecule has 174 valence electrons. The van der Waals surface area contributed by atoms with Crippen molar-refractivity contribution in [1.82, 2.24) is 4.98 Å². The fourth-order valence-corrected chi connectivity index (χ4v) is 3.74. The molecular weight excluding hydrogens is 430 g/mol. The maximum Gasteiger partial charge on any atom is 0.335 e. The van der Waals surface area contributed by atoms with Crippen LogP contribution in [0.15, 0.2) is 77.2 Å². The van der Waals surface area contributed by atoms with Crippen LogP contribution in [-0.4, -0.2) is 28.4 Å². The third-order valence-electron chi connectivity index (χ3n) is 5.66. The topological polar surface area (TPSA) is 89.6 Å². The van der Waals surface area contributed by atoms with E-state index in [-0.39, 0.29) is 23.7 Å². The van der Waals surface area contributed by atoms with E-state index in [0.717, 1.165) is 37.0 Å². The third kappa shape index (κ3) is 6.32. The highest BCUT2D eigenvalue weighted by Gasteiger charge is 2.16. The van der Waals surface area contributed by atoms with Gasteiger partial charge in [0, 0.05) is 6.42 Å². The number of Topliss-reactive ketones (excluding diaryl/α,β-unsaturated/α-hetero) is 1. The molecule has 0 aliphatic heterocycles. The van der Waals surface area contributed by atoms with Crippen LogP contribution in [0.3, 0.4) is 0 Å². The van der Waals surface area contributed by atoms with Gasteiger partial charge in [-0.05, 0) is 73.6 Å². The molecule has 0 unspecified atom stereocenters. The number of carbonyl (C=O) groups excluding carboxylic acids is 1. The summed E-state index contributed by atoms with van der Waals surface area (Å²) in [5, 5.41) is 9.08. The molecular formula is C28H27NO5. The van der Waals surface area contributed by atoms with Gasteiger partial charge in [-0.2, -0.15) is 0 Å². The van der Waals surface area contributed by atoms with Crippen molar-refractivity contribution in [1.29, 1.82) is 0 Å². The van der Waals surface area contributed by atoms with Crippen molar-refractivity contribution < 1.29 is 23.8 Å². The van der Waals surface area contributed by atoms with Crippen LogP contribution < -0.4 is 4.74 Å². The van der Waals surface area contributed by atoms with E-state index < -0.39 is 5.97 Å². The lowest BCUT2D eigenvalue weighted by molar-refractivity contribution is 0.0696. The second-order valence-corrected chi connectivity index (χ2v) is 8.22. The average molecular weight is 458 g/mol. The van der Waals surface area contributed by atoms with Gasteiger partial charge in [-0.15, -0.1) is 0 Å². The quantitative estimate of drug-likeness (QED) is 0.203. The SMILES string of the molecule is O=C(O)c1ccc2oc(C(=O)CCc3ccc(OCCCCCc4ccccc4)cc3)nc2c1. The van der Waals surface area contributed by atoms with Crippen molar-refractivity contribution in [3.05, 3.63) is 95.4 Å². The number of carboxylic acid groups (broad SMARTS) is 1. The Kier molecular flexibility index (Phi) is 7.71. The van der Waals surface area contributed by atoms with Gasteiger partial charge in [-0.25, -0.2) is 9.78 Å². The summed E-state index contributed by atoms with van der Waals surface area (Å²) in [5.41, 5.74) is 3.27. The first-order chi connectivity index (χ1) is 16.6. The lowest BCUT2D eigenvalue weighted by Crippen LogP contribution is -2.02. The fourth-order valence-electron chi connectivity index (χ4n) is 3.74. The zero-order valence-electron chi connectivity index (χ0n) is 18.9. The van der Waals surface area contributed by atoms with Crippen molar-refractivity contribution in [2.24, 2.45) is 0 Å². The highest BCUT2D eigenvalue weighted by atomic mass is 16.5. The zero-order chi connectivity index (χ0) is 23.8. The first-order valence-electron chi connectivity index (χ1n) is 11.5. The Morgan fingerprint density at radius 1 is 0.853 bits per heavy atom. The third-order valence-corrected chi connectivity index (χ3v) is 5.66. The molecule has 0 aliphatic carbocycles. The summed E-state index contributed by atoms with van der Waals surface area (Å²) in [6.07, 6.45) is 5.20. The molecule has 6 nitrogen and oxygen atoms in total. The summed E-state index contributed by atoms with van der Waals surface area (Å²) in [6.45, 7) is 0.688. The van der Waals surface area contributed by atoms with Gasteiger partial charge in [-0.1, -0.05) is 42.5 Å². The Morgan fingerprint density at radius 2 is 1.62 bits per heavy atom. The largest absolute Gasteiger partial charge is 0.494 e. The van der Waals surface area contributed by atoms with Gasteiger partial charge in [0.25, 0.3) is 5.89 Å². The molecule has 4 aromatic rings. The van der Waals surface area contributed by atoms with Gasteiger partial charge in [-0.3, -0.25) is 4.79 Å². The van der Waals surface area contributed by atoms with Gasteiger partial charge >= 0.3 is 5.97 Å². The molecule has 6 heteroatoms. The van der Waals surface area contributed by atoms with Crippen molar-refractivity contribution in [3.8, 4) is 5.75 Å². The summed E-state index contributed by atoms with van der Waals surface area (Å²) in [7, 11) is 0. The van der Waals surface area contributed by atoms with E-state index in [9.17, 15) is 9.59 Å². The van der Waals surface area contributed by atoms with E-state index in [1.54, 1.807) is 0 Å². The molecule has 0 radical (unpaired) electrons. The van der Waals surface area contributed by atoms with Crippen molar-refractivity contribution in [3.63, 3.8) is 0 Å². The highest BCUT2D eigenvalue weighted by molar-refractivity contribution is 5.96. The van der Waals surface area contributed by atoms with E-state index in [1.807, 2.05) is 30.3 Å². The summed E-state index contributed by atoms with van der Waals surface area (Å²) >= 11 is 0. The number of ketones is 1. The predicted molar refractivity (Wildman–Crippen MR) is 130 cm³/mol. The van der Waals surface area contributed by atoms with E-state index in [0.29, 0.717) is 24.1 Å². The van der Waals surface area contributed by atoms with Crippen LogP contribution in [0.5, 0.6) is 5.75 Å². The van der Waals surface area contributed by atoms with Gasteiger partial charge in [0.2, 0.25) is 5.78 Å². The van der Waals surface area contributed by atoms with Gasteiger partial charge in [0.1, 0.15) is 11.3 Å². The number of aromatic nitrogens is 1. The number of fused-ring (bicyclic) bond motifs is 1. The van der Waals surface area contributed by atoms with E-state index in [2.05, 4.69) is 29.2 Å². The van der Waals surface area contributed by atoms with Crippen LogP contribution in [0.2, 0.25) is 0 Å². The number of rotatable bonds is 12. The molecule has 1 N–H and O–H groups in total. The minimum Gasteiger partial charge on any atom is -0.494 e. The molecule has 1 aromatic heterocycles. The number of aromatic carboxylic acids is 1. The maximum atomic E-state index is 12.5. The molecule has 1 heterocycles. The fraction of sp³-hybridized carbons (Fsp3) is 0.250. The summed E-state index contributed by atoms with van der Waals surface area (Å²) in [4.78, 5) is 27.7. The van der Waals surface area contributed by atoms with Crippen LogP contribution >= 0.6 is 0 Å². The molecule has 3 aromatic carbocycles. The summed E-state index contributed by atoms with van der Waals surface area (Å²) in [5.74, 6) is -0.437. The molecule has 0 atom stereocenters. The molecule has 0 amide bonds. The Bertz CT molecular complexity index is 1250. The highest BCUT2D eigenvalue weighted by Crippen LogP contribution is 2.20. The molecule has 0 aliphatic rings. The van der Waals surface area contributed by atoms with Crippen LogP contribution in [0, 0.1) is 0 Å². The van der Waals surface area contributed by atoms with Crippen molar-refractivity contribution in [2.45, 2.75) is 38.5 Å². The minimum atomic E-state index is -1.05. The molecule has 4 rings (SSSR count). The van der Waals surface area contributed by atoms with Gasteiger partial charge in [0.05, 0.1) is 12.2 Å². The smallest absolute Gasteiger partial charge is 0.335 e. The number of carboxylic acids is 1. The average Bonchev–Trinajstić information content (AvgIpc) is 3.29. The first kappa shape index (κ1) is 23.2. The van der Waals surface area contributed by atoms with Crippen LogP contribution in [-0.2, 0) is 12.8 Å². The van der Waals surface area contributed by atoms with E-state index in [1.165, 1.54) is 23.8 Å². The second-order valence-electron chi connectivity index (χ2n) is 8.22. The summed E-state index contributed by atoms with van der Waals surface area (Å²) in [6, 6.07) is 22.6. The molecule has 0 fully saturated rings. The lowest BCUT2D eigenvalue weighted by Gasteiger charge is -2.07. The number of hydrogen-bond acceptors (Lipinski definition) is 5. The van der Waals surface area contributed by atoms with Crippen LogP contribution in [0.25, 0.3) is 11.1 Å². The Balaban J connectivity index is 1.19. The van der Waals surface area contributed by atoms with Crippen LogP contribution in [0.1, 0.15) is 57.9 Å². The predicted octanol–water partition coefficient (Wildman–Crippen LogP) is 6.13. The second kappa shape index (κ2) is 11.3. The maximum absolute atomic E-state index is 12.5. The van der Waals surface area contributed by atoms with Gasteiger partial charge in [0.15, 0.2) is 5.58 Å². The number of oxazole rings is 1. The monoisotopic (exact) mass is 457 g/mol. The Labute approximate surface area is 198 Å². The molecule has 0 spiro atoms. The number of carbonyl (C=O) groups is 2. The molecule has 0 bridgehead atoms. The van der Waals surface area contributed by atoms with Crippen molar-refractivity contribution in [2.75, 3.05) is 6.61 Å². The van der Waals surface area contributed by atoms with E-state index in [4.69, 9.17) is 14.3 Å². The van der Waals surface area contributed by atoms with Gasteiger partial charge < -0.3 is 14.3 Å². The Morgan fingerprint density at radius 3 is 2.38 bits per heavy atom. The number of benzene rings is 3. The number of hydrogen-bond donors (Lipinski definition) is 1. The number of nitrogens with zero attached hydrogens (tertiary/aromatic N) is 1. The number of unbranched alkanes of at least 4 members (excludes halogenated alkanes) is 2. The zero-order valence-corrected chi connectivity index (χ0v) is 18.9. The van der Waals surface area contributed by atoms with Crippen LogP contribution in [0.4, 0.5) is 0 Å². The number of aryl methyl sites for hydroxylation is 2. The molecule has 0 saturated carbocycles. The molecule has 0 saturated heterocycles. The summed E-state index contributed by atoms with van der Waals surface area (Å²) < 4.78 is 11.3. The Hall–Kier alpha value is -3.93. The normalized spacial score (nSPS) is 10.9. The lowest BCUT2D eigenvalue weighted by atomic mass is 10.1. The molecule has 34 heavy (non-hydrogen) atoms.